The van der Waals surface area contributed by atoms with Crippen molar-refractivity contribution in [2.24, 2.45) is 0 Å². The second kappa shape index (κ2) is 13.1. The Morgan fingerprint density at radius 2 is 1.78 bits per heavy atom. The molecule has 2 atom stereocenters. The van der Waals surface area contributed by atoms with E-state index < -0.39 is 28.4 Å². The molecule has 2 unspecified atom stereocenters. The number of hydrogen-bond acceptors (Lipinski definition) is 5. The van der Waals surface area contributed by atoms with Crippen LogP contribution in [0.4, 0.5) is 17.6 Å². The summed E-state index contributed by atoms with van der Waals surface area (Å²) in [5, 5.41) is 2.81. The van der Waals surface area contributed by atoms with Gasteiger partial charge in [0, 0.05) is 17.0 Å². The Hall–Kier alpha value is -2.83. The van der Waals surface area contributed by atoms with Gasteiger partial charge in [-0.2, -0.15) is 13.2 Å². The number of amides is 1. The number of aromatic nitrogens is 2. The Balaban J connectivity index is 0.00000186. The van der Waals surface area contributed by atoms with Crippen molar-refractivity contribution in [3.63, 3.8) is 0 Å². The highest BCUT2D eigenvalue weighted by molar-refractivity contribution is 8.00. The van der Waals surface area contributed by atoms with Crippen molar-refractivity contribution in [2.75, 3.05) is 6.54 Å². The number of halogens is 4. The summed E-state index contributed by atoms with van der Waals surface area (Å²) in [6.07, 6.45) is 2.56. The second-order valence-corrected chi connectivity index (χ2v) is 10.3. The molecular formula is C25H26F4N4O2S2. The van der Waals surface area contributed by atoms with Crippen molar-refractivity contribution in [2.45, 2.75) is 54.6 Å². The number of carbonyl (C=O) groups excluding carboxylic acids is 1. The Bertz CT molecular complexity index is 1210. The first-order valence-corrected chi connectivity index (χ1v) is 13.5. The lowest BCUT2D eigenvalue weighted by molar-refractivity contribution is -0.124. The highest BCUT2D eigenvalue weighted by Crippen LogP contribution is 2.37. The van der Waals surface area contributed by atoms with Crippen LogP contribution >= 0.6 is 11.8 Å². The molecule has 12 heteroatoms. The fraction of sp³-hybridized carbons (Fsp3) is 0.320. The lowest BCUT2D eigenvalue weighted by atomic mass is 10.1. The molecule has 1 aliphatic heterocycles. The van der Waals surface area contributed by atoms with E-state index in [0.29, 0.717) is 41.2 Å². The summed E-state index contributed by atoms with van der Waals surface area (Å²) in [6.45, 7) is 4.58. The van der Waals surface area contributed by atoms with E-state index in [1.807, 2.05) is 13.8 Å². The summed E-state index contributed by atoms with van der Waals surface area (Å²) in [4.78, 5) is 21.7. The maximum Gasteiger partial charge on any atom is 0.446 e. The topological polar surface area (TPSA) is 75.2 Å². The van der Waals surface area contributed by atoms with Crippen LogP contribution in [0.3, 0.4) is 0 Å². The summed E-state index contributed by atoms with van der Waals surface area (Å²) in [5.41, 5.74) is -2.72. The molecule has 0 radical (unpaired) electrons. The molecule has 2 heterocycles. The SMILES string of the molecule is CC.O=C(NCc1cc(-c2ccc(SC(F)(F)F)cc2)ncn1)C1CCCN1S(=O)c1ccc(F)cc1. The Labute approximate surface area is 219 Å². The molecule has 3 aromatic rings. The van der Waals surface area contributed by atoms with Crippen molar-refractivity contribution in [3.8, 4) is 11.3 Å². The minimum Gasteiger partial charge on any atom is -0.349 e. The zero-order chi connectivity index (χ0) is 27.0. The Morgan fingerprint density at radius 3 is 2.43 bits per heavy atom. The normalized spacial score (nSPS) is 16.5. The molecule has 198 valence electrons. The number of rotatable bonds is 7. The first-order chi connectivity index (χ1) is 17.7. The largest absolute Gasteiger partial charge is 0.446 e. The van der Waals surface area contributed by atoms with E-state index in [1.54, 1.807) is 22.5 Å². The first kappa shape index (κ1) is 28.7. The molecule has 1 N–H and O–H groups in total. The molecule has 0 bridgehead atoms. The number of nitrogens with zero attached hydrogens (tertiary/aromatic N) is 3. The van der Waals surface area contributed by atoms with Crippen LogP contribution in [0.5, 0.6) is 0 Å². The van der Waals surface area contributed by atoms with Crippen LogP contribution < -0.4 is 5.32 Å². The molecule has 1 aliphatic rings. The molecule has 0 aliphatic carbocycles. The third-order valence-electron chi connectivity index (χ3n) is 5.29. The van der Waals surface area contributed by atoms with Gasteiger partial charge in [-0.1, -0.05) is 26.0 Å². The Kier molecular flexibility index (Phi) is 10.2. The highest BCUT2D eigenvalue weighted by Gasteiger charge is 2.35. The minimum atomic E-state index is -4.36. The fourth-order valence-electron chi connectivity index (χ4n) is 3.66. The van der Waals surface area contributed by atoms with E-state index in [-0.39, 0.29) is 29.1 Å². The zero-order valence-corrected chi connectivity index (χ0v) is 21.8. The van der Waals surface area contributed by atoms with Crippen LogP contribution in [0.2, 0.25) is 0 Å². The van der Waals surface area contributed by atoms with Gasteiger partial charge in [0.25, 0.3) is 0 Å². The van der Waals surface area contributed by atoms with Gasteiger partial charge in [0.2, 0.25) is 5.91 Å². The number of nitrogens with one attached hydrogen (secondary N) is 1. The maximum absolute atomic E-state index is 13.2. The average molecular weight is 555 g/mol. The molecule has 1 fully saturated rings. The molecule has 2 aromatic carbocycles. The van der Waals surface area contributed by atoms with Gasteiger partial charge in [-0.25, -0.2) is 22.9 Å². The predicted molar refractivity (Wildman–Crippen MR) is 135 cm³/mol. The van der Waals surface area contributed by atoms with Gasteiger partial charge >= 0.3 is 5.51 Å². The van der Waals surface area contributed by atoms with E-state index in [9.17, 15) is 26.6 Å². The monoisotopic (exact) mass is 554 g/mol. The zero-order valence-electron chi connectivity index (χ0n) is 20.2. The van der Waals surface area contributed by atoms with E-state index in [4.69, 9.17) is 0 Å². The maximum atomic E-state index is 13.2. The Morgan fingerprint density at radius 1 is 1.11 bits per heavy atom. The number of alkyl halides is 3. The first-order valence-electron chi connectivity index (χ1n) is 11.6. The standard InChI is InChI=1S/C23H20F4N4O2S2.C2H6/c24-16-5-9-19(10-6-16)35(33)31-11-1-2-21(31)22(32)28-13-17-12-20(30-14-29-17)15-3-7-18(8-4-15)34-23(25,26)27;1-2/h3-10,12,14,21H,1-2,11,13H2,(H,28,32);1-2H3. The van der Waals surface area contributed by atoms with Crippen molar-refractivity contribution in [1.29, 1.82) is 0 Å². The molecular weight excluding hydrogens is 528 g/mol. The molecule has 0 saturated carbocycles. The molecule has 6 nitrogen and oxygen atoms in total. The van der Waals surface area contributed by atoms with Crippen LogP contribution in [-0.2, 0) is 22.3 Å². The van der Waals surface area contributed by atoms with Crippen LogP contribution in [0, 0.1) is 5.82 Å². The van der Waals surface area contributed by atoms with Gasteiger partial charge in [0.1, 0.15) is 29.2 Å². The summed E-state index contributed by atoms with van der Waals surface area (Å²) in [7, 11) is -1.59. The summed E-state index contributed by atoms with van der Waals surface area (Å²) < 4.78 is 65.2. The third kappa shape index (κ3) is 8.08. The average Bonchev–Trinajstić information content (AvgIpc) is 3.38. The van der Waals surface area contributed by atoms with Crippen molar-refractivity contribution in [1.82, 2.24) is 19.6 Å². The van der Waals surface area contributed by atoms with Crippen molar-refractivity contribution < 1.29 is 26.6 Å². The van der Waals surface area contributed by atoms with E-state index in [1.165, 1.54) is 42.7 Å². The number of thioether (sulfide) groups is 1. The van der Waals surface area contributed by atoms with Crippen LogP contribution in [0.25, 0.3) is 11.3 Å². The molecule has 1 amide bonds. The molecule has 1 saturated heterocycles. The van der Waals surface area contributed by atoms with Gasteiger partial charge < -0.3 is 5.32 Å². The van der Waals surface area contributed by atoms with E-state index in [2.05, 4.69) is 15.3 Å². The highest BCUT2D eigenvalue weighted by atomic mass is 32.2. The van der Waals surface area contributed by atoms with Crippen LogP contribution in [0.15, 0.2) is 70.7 Å². The number of carbonyl (C=O) groups is 1. The molecule has 1 aromatic heterocycles. The number of hydrogen-bond donors (Lipinski definition) is 1. The third-order valence-corrected chi connectivity index (χ3v) is 7.56. The van der Waals surface area contributed by atoms with Gasteiger partial charge in [0.15, 0.2) is 0 Å². The summed E-state index contributed by atoms with van der Waals surface area (Å²) in [6, 6.07) is 12.2. The second-order valence-electron chi connectivity index (χ2n) is 7.69. The smallest absolute Gasteiger partial charge is 0.349 e. The van der Waals surface area contributed by atoms with Gasteiger partial charge in [-0.15, -0.1) is 0 Å². The van der Waals surface area contributed by atoms with Gasteiger partial charge in [-0.05, 0) is 67.1 Å². The summed E-state index contributed by atoms with van der Waals surface area (Å²) >= 11 is -0.190. The molecule has 4 rings (SSSR count). The van der Waals surface area contributed by atoms with Crippen LogP contribution in [-0.4, -0.2) is 42.5 Å². The van der Waals surface area contributed by atoms with E-state index >= 15 is 0 Å². The summed E-state index contributed by atoms with van der Waals surface area (Å²) in [5.74, 6) is -0.728. The molecule has 37 heavy (non-hydrogen) atoms. The van der Waals surface area contributed by atoms with Gasteiger partial charge in [-0.3, -0.25) is 4.79 Å². The fourth-order valence-corrected chi connectivity index (χ4v) is 5.57. The quantitative estimate of drug-likeness (QED) is 0.299. The lowest BCUT2D eigenvalue weighted by Crippen LogP contribution is -2.43. The molecule has 0 spiro atoms. The van der Waals surface area contributed by atoms with Crippen molar-refractivity contribution >= 4 is 28.7 Å². The number of benzene rings is 2. The minimum absolute atomic E-state index is 0.0712. The van der Waals surface area contributed by atoms with E-state index in [0.717, 1.165) is 0 Å². The lowest BCUT2D eigenvalue weighted by Gasteiger charge is -2.22. The predicted octanol–water partition coefficient (Wildman–Crippen LogP) is 5.72. The van der Waals surface area contributed by atoms with Gasteiger partial charge in [0.05, 0.1) is 22.8 Å². The van der Waals surface area contributed by atoms with Crippen molar-refractivity contribution in [3.05, 3.63) is 72.4 Å². The van der Waals surface area contributed by atoms with Crippen LogP contribution in [0.1, 0.15) is 32.4 Å².